The van der Waals surface area contributed by atoms with Crippen molar-refractivity contribution in [1.29, 1.82) is 0 Å². The highest BCUT2D eigenvalue weighted by molar-refractivity contribution is 6.08. The molecule has 38 heavy (non-hydrogen) atoms. The van der Waals surface area contributed by atoms with Crippen LogP contribution in [0.15, 0.2) is 42.7 Å². The smallest absolute Gasteiger partial charge is 0.253 e. The predicted molar refractivity (Wildman–Crippen MR) is 128 cm³/mol. The molecule has 0 aliphatic carbocycles. The van der Waals surface area contributed by atoms with Crippen molar-refractivity contribution >= 4 is 17.5 Å². The summed E-state index contributed by atoms with van der Waals surface area (Å²) in [6.07, 6.45) is -4.69. The highest BCUT2D eigenvalue weighted by Gasteiger charge is 2.62. The van der Waals surface area contributed by atoms with Gasteiger partial charge in [-0.3, -0.25) is 9.59 Å². The number of aliphatic hydroxyl groups excluding tert-OH is 4. The second-order valence-electron chi connectivity index (χ2n) is 10.5. The second-order valence-corrected chi connectivity index (χ2v) is 10.5. The van der Waals surface area contributed by atoms with Gasteiger partial charge in [0.15, 0.2) is 6.29 Å². The molecule has 0 saturated carbocycles. The molecule has 3 fully saturated rings. The minimum absolute atomic E-state index is 0.0326. The minimum atomic E-state index is -1.62. The summed E-state index contributed by atoms with van der Waals surface area (Å²) in [4.78, 5) is 28.7. The lowest BCUT2D eigenvalue weighted by molar-refractivity contribution is -0.339. The monoisotopic (exact) mass is 530 g/mol. The number of aromatic hydroxyl groups is 1. The van der Waals surface area contributed by atoms with E-state index in [0.717, 1.165) is 5.56 Å². The van der Waals surface area contributed by atoms with E-state index in [9.17, 15) is 35.1 Å². The lowest BCUT2D eigenvalue weighted by Crippen LogP contribution is -2.60. The Labute approximate surface area is 217 Å². The normalized spacial score (nSPS) is 41.6. The zero-order valence-electron chi connectivity index (χ0n) is 20.3. The van der Waals surface area contributed by atoms with E-state index in [1.807, 2.05) is 0 Å². The third-order valence-electron chi connectivity index (χ3n) is 8.71. The van der Waals surface area contributed by atoms with E-state index in [1.165, 1.54) is 18.4 Å². The molecule has 0 aromatic heterocycles. The Morgan fingerprint density at radius 2 is 1.97 bits per heavy atom. The molecule has 5 aliphatic rings. The van der Waals surface area contributed by atoms with Crippen LogP contribution in [0.2, 0.25) is 0 Å². The second kappa shape index (κ2) is 9.04. The van der Waals surface area contributed by atoms with Gasteiger partial charge in [0.25, 0.3) is 5.91 Å². The number of nitrogens with zero attached hydrogens (tertiary/aromatic N) is 1. The van der Waals surface area contributed by atoms with Crippen LogP contribution in [-0.2, 0) is 29.2 Å². The van der Waals surface area contributed by atoms with Gasteiger partial charge >= 0.3 is 0 Å². The zero-order chi connectivity index (χ0) is 26.9. The third kappa shape index (κ3) is 3.45. The van der Waals surface area contributed by atoms with E-state index in [4.69, 9.17) is 14.2 Å². The van der Waals surface area contributed by atoms with Crippen molar-refractivity contribution < 1.29 is 49.3 Å². The molecular formula is C26H30N2O10. The van der Waals surface area contributed by atoms with Crippen LogP contribution in [-0.4, -0.2) is 98.4 Å². The number of phenols is 1. The highest BCUT2D eigenvalue weighted by atomic mass is 16.8. The van der Waals surface area contributed by atoms with Gasteiger partial charge in [-0.05, 0) is 24.5 Å². The third-order valence-corrected chi connectivity index (χ3v) is 8.71. The molecule has 12 heteroatoms. The van der Waals surface area contributed by atoms with Crippen LogP contribution in [0.4, 0.5) is 5.69 Å². The topological polar surface area (TPSA) is 178 Å². The summed E-state index contributed by atoms with van der Waals surface area (Å²) < 4.78 is 17.1. The van der Waals surface area contributed by atoms with Gasteiger partial charge in [0.1, 0.15) is 30.2 Å². The number of hydrogen-bond acceptors (Lipinski definition) is 10. The van der Waals surface area contributed by atoms with E-state index in [0.29, 0.717) is 30.6 Å². The fraction of sp³-hybridized carbons (Fsp3) is 0.538. The molecule has 3 saturated heterocycles. The maximum Gasteiger partial charge on any atom is 0.253 e. The molecule has 0 radical (unpaired) electrons. The number of nitrogens with one attached hydrogen (secondary N) is 1. The number of rotatable bonds is 4. The molecule has 5 aliphatic heterocycles. The fourth-order valence-electron chi connectivity index (χ4n) is 6.74. The first-order chi connectivity index (χ1) is 18.2. The Balaban J connectivity index is 1.29. The van der Waals surface area contributed by atoms with Crippen LogP contribution < -0.4 is 5.32 Å². The van der Waals surface area contributed by atoms with Gasteiger partial charge in [-0.25, -0.2) is 0 Å². The molecule has 6 rings (SSSR count). The van der Waals surface area contributed by atoms with Crippen molar-refractivity contribution in [1.82, 2.24) is 4.90 Å². The van der Waals surface area contributed by atoms with Crippen LogP contribution >= 0.6 is 0 Å². The summed E-state index contributed by atoms with van der Waals surface area (Å²) in [5.41, 5.74) is 0.717. The number of carbonyl (C=O) groups is 2. The number of benzene rings is 1. The SMILES string of the molecule is C=C[C@H]1[C@H](O[C@@H]2O[C@H](CO)[C@@H](O)[C@H](O)[C@H]2O)OC=C2C(=O)N3CC[C@@]4(C(=O)Nc5cc(O)ccc54)[C@H]3C[C@H]21. The molecule has 2 amide bonds. The minimum Gasteiger partial charge on any atom is -0.508 e. The first kappa shape index (κ1) is 25.3. The average molecular weight is 531 g/mol. The molecule has 1 aromatic rings. The quantitative estimate of drug-likeness (QED) is 0.266. The molecule has 0 bridgehead atoms. The largest absolute Gasteiger partial charge is 0.508 e. The van der Waals surface area contributed by atoms with Crippen LogP contribution in [0.3, 0.4) is 0 Å². The van der Waals surface area contributed by atoms with E-state index in [-0.39, 0.29) is 17.6 Å². The lowest BCUT2D eigenvalue weighted by atomic mass is 9.67. The van der Waals surface area contributed by atoms with Crippen molar-refractivity contribution in [3.05, 3.63) is 48.3 Å². The number of fused-ring (bicyclic) bond motifs is 5. The Bertz CT molecular complexity index is 1200. The van der Waals surface area contributed by atoms with Crippen molar-refractivity contribution in [3.63, 3.8) is 0 Å². The molecular weight excluding hydrogens is 500 g/mol. The zero-order valence-corrected chi connectivity index (χ0v) is 20.3. The van der Waals surface area contributed by atoms with E-state index < -0.39 is 66.9 Å². The van der Waals surface area contributed by atoms with Gasteiger partial charge in [-0.2, -0.15) is 0 Å². The number of piperidine rings is 1. The molecule has 1 aromatic carbocycles. The van der Waals surface area contributed by atoms with Crippen molar-refractivity contribution in [3.8, 4) is 5.75 Å². The summed E-state index contributed by atoms with van der Waals surface area (Å²) in [5, 5.41) is 52.9. The van der Waals surface area contributed by atoms with Crippen molar-refractivity contribution in [2.75, 3.05) is 18.5 Å². The van der Waals surface area contributed by atoms with E-state index >= 15 is 0 Å². The average Bonchev–Trinajstić information content (AvgIpc) is 3.42. The van der Waals surface area contributed by atoms with Crippen molar-refractivity contribution in [2.24, 2.45) is 11.8 Å². The summed E-state index contributed by atoms with van der Waals surface area (Å²) in [6.45, 7) is 3.68. The molecule has 6 N–H and O–H groups in total. The number of hydrogen-bond donors (Lipinski definition) is 6. The van der Waals surface area contributed by atoms with E-state index in [2.05, 4.69) is 11.9 Å². The summed E-state index contributed by atoms with van der Waals surface area (Å²) in [5.74, 6) is -1.46. The number of carbonyl (C=O) groups excluding carboxylic acids is 2. The first-order valence-electron chi connectivity index (χ1n) is 12.6. The van der Waals surface area contributed by atoms with Gasteiger partial charge in [0, 0.05) is 30.1 Å². The van der Waals surface area contributed by atoms with Crippen LogP contribution in [0, 0.1) is 11.8 Å². The molecule has 5 heterocycles. The first-order valence-corrected chi connectivity index (χ1v) is 12.6. The van der Waals surface area contributed by atoms with Gasteiger partial charge < -0.3 is 50.0 Å². The van der Waals surface area contributed by atoms with Gasteiger partial charge in [-0.15, -0.1) is 6.58 Å². The number of anilines is 1. The number of aliphatic hydroxyl groups is 4. The standard InChI is InChI=1S/C26H30N2O10/c1-2-12-13-8-18-26(15-4-3-11(30)7-16(15)27-25(26)35)5-6-28(18)22(34)14(13)10-36-23(12)38-24-21(33)20(32)19(31)17(9-29)37-24/h2-4,7,10,12-13,17-21,23-24,29-33H,1,5-6,8-9H2,(H,27,35)/t12-,13+,17-,18-,19-,20+,21-,23+,24+,26+/m1/s1. The summed E-state index contributed by atoms with van der Waals surface area (Å²) in [6, 6.07) is 4.30. The highest BCUT2D eigenvalue weighted by Crippen LogP contribution is 2.54. The Morgan fingerprint density at radius 1 is 1.18 bits per heavy atom. The van der Waals surface area contributed by atoms with Gasteiger partial charge in [-0.1, -0.05) is 12.1 Å². The van der Waals surface area contributed by atoms with Gasteiger partial charge in [0.2, 0.25) is 12.2 Å². The molecule has 0 unspecified atom stereocenters. The maximum absolute atomic E-state index is 13.6. The summed E-state index contributed by atoms with van der Waals surface area (Å²) >= 11 is 0. The Hall–Kier alpha value is -3.00. The number of phenolic OH excluding ortho intramolecular Hbond substituents is 1. The lowest BCUT2D eigenvalue weighted by Gasteiger charge is -2.47. The van der Waals surface area contributed by atoms with Crippen LogP contribution in [0.5, 0.6) is 5.75 Å². The van der Waals surface area contributed by atoms with Crippen LogP contribution in [0.25, 0.3) is 0 Å². The maximum atomic E-state index is 13.6. The molecule has 10 atom stereocenters. The molecule has 12 nitrogen and oxygen atoms in total. The van der Waals surface area contributed by atoms with Crippen LogP contribution in [0.1, 0.15) is 18.4 Å². The van der Waals surface area contributed by atoms with Crippen molar-refractivity contribution in [2.45, 2.75) is 61.3 Å². The van der Waals surface area contributed by atoms with E-state index in [1.54, 1.807) is 17.0 Å². The molecule has 1 spiro atoms. The predicted octanol–water partition coefficient (Wildman–Crippen LogP) is -0.938. The fourth-order valence-corrected chi connectivity index (χ4v) is 6.74. The Morgan fingerprint density at radius 3 is 2.71 bits per heavy atom. The number of amides is 2. The van der Waals surface area contributed by atoms with Gasteiger partial charge in [0.05, 0.1) is 29.9 Å². The Kier molecular flexibility index (Phi) is 6.02. The number of ether oxygens (including phenoxy) is 3. The molecule has 204 valence electrons. The summed E-state index contributed by atoms with van der Waals surface area (Å²) in [7, 11) is 0.